The number of carboxylic acids is 1. The van der Waals surface area contributed by atoms with E-state index in [9.17, 15) is 18.0 Å². The summed E-state index contributed by atoms with van der Waals surface area (Å²) in [6.45, 7) is 1.20. The van der Waals surface area contributed by atoms with E-state index in [-0.39, 0.29) is 5.56 Å². The van der Waals surface area contributed by atoms with Crippen LogP contribution in [0.3, 0.4) is 0 Å². The predicted molar refractivity (Wildman–Crippen MR) is 74.6 cm³/mol. The van der Waals surface area contributed by atoms with Crippen LogP contribution >= 0.6 is 0 Å². The van der Waals surface area contributed by atoms with Gasteiger partial charge in [0.05, 0.1) is 5.56 Å². The molecule has 0 radical (unpaired) electrons. The fourth-order valence-corrected chi connectivity index (χ4v) is 1.48. The maximum Gasteiger partial charge on any atom is 0.573 e. The highest BCUT2D eigenvalue weighted by atomic mass is 19.4. The van der Waals surface area contributed by atoms with E-state index in [1.165, 1.54) is 6.92 Å². The summed E-state index contributed by atoms with van der Waals surface area (Å²) in [4.78, 5) is 10.2. The van der Waals surface area contributed by atoms with E-state index in [2.05, 4.69) is 4.74 Å². The molecule has 2 aromatic carbocycles. The second-order valence-electron chi connectivity index (χ2n) is 4.28. The number of carbonyl (C=O) groups is 1. The Kier molecular flexibility index (Phi) is 5.83. The highest BCUT2D eigenvalue weighted by Crippen LogP contribution is 2.36. The molecular weight excluding hydrogens is 317 g/mol. The van der Waals surface area contributed by atoms with E-state index in [1.807, 2.05) is 0 Å². The summed E-state index contributed by atoms with van der Waals surface area (Å²) in [5.74, 6) is -2.52. The molecule has 0 fully saturated rings. The van der Waals surface area contributed by atoms with Crippen molar-refractivity contribution in [3.05, 3.63) is 53.6 Å². The molecule has 0 unspecified atom stereocenters. The van der Waals surface area contributed by atoms with Crippen LogP contribution < -0.4 is 4.74 Å². The maximum atomic E-state index is 11.8. The summed E-state index contributed by atoms with van der Waals surface area (Å²) < 4.78 is 39.0. The normalized spacial score (nSPS) is 10.4. The van der Waals surface area contributed by atoms with Gasteiger partial charge in [-0.25, -0.2) is 4.79 Å². The number of halogens is 3. The minimum atomic E-state index is -4.81. The van der Waals surface area contributed by atoms with Crippen molar-refractivity contribution >= 4 is 5.97 Å². The van der Waals surface area contributed by atoms with Gasteiger partial charge in [0.25, 0.3) is 0 Å². The van der Waals surface area contributed by atoms with Crippen molar-refractivity contribution in [2.45, 2.75) is 13.3 Å². The zero-order valence-electron chi connectivity index (χ0n) is 11.8. The number of benzene rings is 2. The molecule has 0 spiro atoms. The minimum Gasteiger partial charge on any atom is -0.504 e. The van der Waals surface area contributed by atoms with Crippen LogP contribution in [0.5, 0.6) is 17.2 Å². The lowest BCUT2D eigenvalue weighted by molar-refractivity contribution is -0.274. The Morgan fingerprint density at radius 3 is 2.04 bits per heavy atom. The number of phenolic OH excluding ortho intramolecular Hbond substituents is 2. The Morgan fingerprint density at radius 2 is 1.61 bits per heavy atom. The topological polar surface area (TPSA) is 87.0 Å². The molecule has 0 bridgehead atoms. The number of hydrogen-bond acceptors (Lipinski definition) is 4. The number of carboxylic acid groups (broad SMARTS) is 1. The molecule has 0 saturated heterocycles. The lowest BCUT2D eigenvalue weighted by atomic mass is 10.2. The van der Waals surface area contributed by atoms with Crippen LogP contribution in [-0.2, 0) is 0 Å². The first-order valence-electron chi connectivity index (χ1n) is 6.17. The van der Waals surface area contributed by atoms with Gasteiger partial charge in [-0.3, -0.25) is 0 Å². The van der Waals surface area contributed by atoms with Crippen molar-refractivity contribution in [1.82, 2.24) is 0 Å². The molecular formula is C15H13F3O5. The van der Waals surface area contributed by atoms with E-state index in [0.717, 1.165) is 12.1 Å². The van der Waals surface area contributed by atoms with Gasteiger partial charge < -0.3 is 20.1 Å². The SMILES string of the molecule is Cc1c(OC(F)(F)F)ccc(O)c1O.O=C(O)c1ccccc1. The fourth-order valence-electron chi connectivity index (χ4n) is 1.48. The average molecular weight is 330 g/mol. The second kappa shape index (κ2) is 7.39. The minimum absolute atomic E-state index is 0.165. The van der Waals surface area contributed by atoms with Gasteiger partial charge in [-0.05, 0) is 31.2 Å². The van der Waals surface area contributed by atoms with Crippen LogP contribution in [-0.4, -0.2) is 27.7 Å². The van der Waals surface area contributed by atoms with Gasteiger partial charge in [0.1, 0.15) is 5.75 Å². The molecule has 0 aromatic heterocycles. The Balaban J connectivity index is 0.000000253. The highest BCUT2D eigenvalue weighted by Gasteiger charge is 2.32. The van der Waals surface area contributed by atoms with Crippen LogP contribution in [0.2, 0.25) is 0 Å². The maximum absolute atomic E-state index is 11.8. The quantitative estimate of drug-likeness (QED) is 0.731. The molecule has 5 nitrogen and oxygen atoms in total. The highest BCUT2D eigenvalue weighted by molar-refractivity contribution is 5.87. The molecule has 8 heteroatoms. The molecule has 0 aliphatic heterocycles. The van der Waals surface area contributed by atoms with Gasteiger partial charge in [-0.1, -0.05) is 18.2 Å². The van der Waals surface area contributed by atoms with Crippen molar-refractivity contribution in [3.8, 4) is 17.2 Å². The van der Waals surface area contributed by atoms with Gasteiger partial charge in [-0.2, -0.15) is 0 Å². The fraction of sp³-hybridized carbons (Fsp3) is 0.133. The van der Waals surface area contributed by atoms with Gasteiger partial charge in [0.2, 0.25) is 0 Å². The summed E-state index contributed by atoms with van der Waals surface area (Å²) in [6.07, 6.45) is -4.81. The molecule has 0 amide bonds. The van der Waals surface area contributed by atoms with Crippen molar-refractivity contribution < 1.29 is 38.0 Å². The first kappa shape index (κ1) is 18.1. The van der Waals surface area contributed by atoms with Crippen LogP contribution in [0.15, 0.2) is 42.5 Å². The van der Waals surface area contributed by atoms with Crippen LogP contribution in [0.1, 0.15) is 15.9 Å². The van der Waals surface area contributed by atoms with Crippen LogP contribution in [0.25, 0.3) is 0 Å². The number of phenols is 2. The van der Waals surface area contributed by atoms with Crippen molar-refractivity contribution in [3.63, 3.8) is 0 Å². The van der Waals surface area contributed by atoms with Gasteiger partial charge >= 0.3 is 12.3 Å². The molecule has 0 aliphatic carbocycles. The Labute approximate surface area is 129 Å². The van der Waals surface area contributed by atoms with Crippen molar-refractivity contribution in [2.24, 2.45) is 0 Å². The zero-order valence-corrected chi connectivity index (χ0v) is 11.8. The van der Waals surface area contributed by atoms with E-state index in [0.29, 0.717) is 5.56 Å². The third-order valence-corrected chi connectivity index (χ3v) is 2.61. The molecule has 2 aromatic rings. The first-order chi connectivity index (χ1) is 10.6. The van der Waals surface area contributed by atoms with Crippen molar-refractivity contribution in [1.29, 1.82) is 0 Å². The molecule has 0 aliphatic rings. The molecule has 0 heterocycles. The van der Waals surface area contributed by atoms with Gasteiger partial charge in [0, 0.05) is 5.56 Å². The Morgan fingerprint density at radius 1 is 1.04 bits per heavy atom. The number of ether oxygens (including phenoxy) is 1. The lowest BCUT2D eigenvalue weighted by Gasteiger charge is -2.12. The summed E-state index contributed by atoms with van der Waals surface area (Å²) in [5, 5.41) is 26.4. The van der Waals surface area contributed by atoms with E-state index in [1.54, 1.807) is 30.3 Å². The predicted octanol–water partition coefficient (Wildman–Crippen LogP) is 3.69. The molecule has 124 valence electrons. The number of aromatic hydroxyl groups is 2. The smallest absolute Gasteiger partial charge is 0.504 e. The number of hydrogen-bond donors (Lipinski definition) is 3. The molecule has 3 N–H and O–H groups in total. The largest absolute Gasteiger partial charge is 0.573 e. The third-order valence-electron chi connectivity index (χ3n) is 2.61. The van der Waals surface area contributed by atoms with Crippen molar-refractivity contribution in [2.75, 3.05) is 0 Å². The monoisotopic (exact) mass is 330 g/mol. The molecule has 0 atom stereocenters. The van der Waals surface area contributed by atoms with Gasteiger partial charge in [-0.15, -0.1) is 13.2 Å². The molecule has 2 rings (SSSR count). The Bertz CT molecular complexity index is 669. The summed E-state index contributed by atoms with van der Waals surface area (Å²) in [7, 11) is 0. The van der Waals surface area contributed by atoms with Crippen LogP contribution in [0.4, 0.5) is 13.2 Å². The van der Waals surface area contributed by atoms with Crippen LogP contribution in [0, 0.1) is 6.92 Å². The average Bonchev–Trinajstić information content (AvgIpc) is 2.48. The third kappa shape index (κ3) is 5.77. The summed E-state index contributed by atoms with van der Waals surface area (Å²) in [6, 6.07) is 10.1. The molecule has 0 saturated carbocycles. The Hall–Kier alpha value is -2.90. The van der Waals surface area contributed by atoms with E-state index in [4.69, 9.17) is 15.3 Å². The second-order valence-corrected chi connectivity index (χ2v) is 4.28. The lowest BCUT2D eigenvalue weighted by Crippen LogP contribution is -2.17. The number of aromatic carboxylic acids is 1. The zero-order chi connectivity index (χ0) is 17.6. The van der Waals surface area contributed by atoms with E-state index < -0.39 is 29.6 Å². The summed E-state index contributed by atoms with van der Waals surface area (Å²) in [5.41, 5.74) is 0.167. The summed E-state index contributed by atoms with van der Waals surface area (Å²) >= 11 is 0. The number of alkyl halides is 3. The van der Waals surface area contributed by atoms with Gasteiger partial charge in [0.15, 0.2) is 11.5 Å². The number of rotatable bonds is 2. The standard InChI is InChI=1S/C8H7F3O3.C7H6O2/c1-4-6(14-8(9,10)11)3-2-5(12)7(4)13;8-7(9)6-4-2-1-3-5-6/h2-3,12-13H,1H3;1-5H,(H,8,9). The first-order valence-corrected chi connectivity index (χ1v) is 6.17. The molecule has 23 heavy (non-hydrogen) atoms. The van der Waals surface area contributed by atoms with E-state index >= 15 is 0 Å².